The third kappa shape index (κ3) is 5.28. The van der Waals surface area contributed by atoms with Gasteiger partial charge in [-0.25, -0.2) is 0 Å². The Morgan fingerprint density at radius 1 is 1.38 bits per heavy atom. The average molecular weight is 111 g/mol. The second-order valence-electron chi connectivity index (χ2n) is 1.60. The van der Waals surface area contributed by atoms with Crippen LogP contribution >= 0.6 is 0 Å². The van der Waals surface area contributed by atoms with E-state index < -0.39 is 0 Å². The van der Waals surface area contributed by atoms with Crippen LogP contribution in [0.25, 0.3) is 0 Å². The van der Waals surface area contributed by atoms with E-state index in [1.807, 2.05) is 12.2 Å². The van der Waals surface area contributed by atoms with Crippen molar-refractivity contribution in [1.82, 2.24) is 0 Å². The lowest BCUT2D eigenvalue weighted by atomic mass is 10.3. The lowest BCUT2D eigenvalue weighted by Gasteiger charge is -1.78. The number of rotatable bonds is 3. The number of hydrogen-bond donors (Lipinski definition) is 1. The minimum atomic E-state index is 1.14. The molecule has 0 amide bonds. The smallest absolute Gasteiger partial charge is 0.00625 e. The Morgan fingerprint density at radius 2 is 2.12 bits per heavy atom. The molecular weight excluding hydrogens is 98.1 g/mol. The summed E-state index contributed by atoms with van der Waals surface area (Å²) < 4.78 is 0. The molecule has 0 saturated heterocycles. The highest BCUT2D eigenvalue weighted by atomic mass is 14.5. The molecule has 0 radical (unpaired) electrons. The van der Waals surface area contributed by atoms with E-state index in [0.29, 0.717) is 0 Å². The first-order valence-electron chi connectivity index (χ1n) is 2.95. The number of nitrogens with two attached hydrogens (primary N) is 1. The maximum atomic E-state index is 5.08. The number of unbranched alkanes of at least 4 members (excludes halogenated alkanes) is 1. The highest BCUT2D eigenvalue weighted by Gasteiger charge is 1.67. The van der Waals surface area contributed by atoms with Crippen molar-refractivity contribution in [2.24, 2.45) is 5.73 Å². The normalized spacial score (nSPS) is 11.6. The molecular formula is C7H13N. The second kappa shape index (κ2) is 6.28. The van der Waals surface area contributed by atoms with Crippen molar-refractivity contribution in [3.8, 4) is 0 Å². The van der Waals surface area contributed by atoms with Gasteiger partial charge in [-0.15, -0.1) is 0 Å². The van der Waals surface area contributed by atoms with Gasteiger partial charge in [0.25, 0.3) is 0 Å². The van der Waals surface area contributed by atoms with Gasteiger partial charge in [0.05, 0.1) is 0 Å². The zero-order valence-electron chi connectivity index (χ0n) is 5.30. The topological polar surface area (TPSA) is 26.0 Å². The van der Waals surface area contributed by atoms with Gasteiger partial charge in [0, 0.05) is 0 Å². The lowest BCUT2D eigenvalue weighted by molar-refractivity contribution is 0.959. The standard InChI is InChI=1S/C7H13N/c1-2-3-4-5-6-7-8/h4-7H,2-3,8H2,1H3. The van der Waals surface area contributed by atoms with Gasteiger partial charge >= 0.3 is 0 Å². The van der Waals surface area contributed by atoms with Crippen molar-refractivity contribution in [2.45, 2.75) is 19.8 Å². The summed E-state index contributed by atoms with van der Waals surface area (Å²) in [4.78, 5) is 0. The van der Waals surface area contributed by atoms with E-state index >= 15 is 0 Å². The minimum absolute atomic E-state index is 1.14. The van der Waals surface area contributed by atoms with E-state index in [2.05, 4.69) is 13.0 Å². The molecule has 0 atom stereocenters. The first-order chi connectivity index (χ1) is 3.91. The first kappa shape index (κ1) is 7.28. The van der Waals surface area contributed by atoms with Crippen molar-refractivity contribution in [3.05, 3.63) is 24.4 Å². The first-order valence-corrected chi connectivity index (χ1v) is 2.95. The Bertz CT molecular complexity index is 82.4. The molecule has 0 aliphatic heterocycles. The van der Waals surface area contributed by atoms with Gasteiger partial charge in [-0.3, -0.25) is 0 Å². The molecule has 0 saturated carbocycles. The molecule has 46 valence electrons. The van der Waals surface area contributed by atoms with E-state index in [1.54, 1.807) is 0 Å². The number of hydrogen-bond acceptors (Lipinski definition) is 1. The highest BCUT2D eigenvalue weighted by Crippen LogP contribution is 1.87. The number of allylic oxidation sites excluding steroid dienone is 3. The quantitative estimate of drug-likeness (QED) is 0.552. The van der Waals surface area contributed by atoms with Gasteiger partial charge in [-0.2, -0.15) is 0 Å². The summed E-state index contributed by atoms with van der Waals surface area (Å²) in [6.45, 7) is 2.15. The molecule has 0 heterocycles. The zero-order chi connectivity index (χ0) is 6.24. The van der Waals surface area contributed by atoms with Crippen LogP contribution in [-0.4, -0.2) is 0 Å². The lowest BCUT2D eigenvalue weighted by Crippen LogP contribution is -1.72. The van der Waals surface area contributed by atoms with Crippen molar-refractivity contribution in [2.75, 3.05) is 0 Å². The molecule has 0 bridgehead atoms. The molecule has 0 aromatic carbocycles. The molecule has 1 nitrogen and oxygen atoms in total. The van der Waals surface area contributed by atoms with Crippen LogP contribution in [0.2, 0.25) is 0 Å². The van der Waals surface area contributed by atoms with Gasteiger partial charge in [-0.1, -0.05) is 25.5 Å². The molecule has 1 heteroatoms. The third-order valence-corrected chi connectivity index (χ3v) is 0.814. The van der Waals surface area contributed by atoms with Crippen LogP contribution in [0, 0.1) is 0 Å². The summed E-state index contributed by atoms with van der Waals surface area (Å²) >= 11 is 0. The average Bonchev–Trinajstić information content (AvgIpc) is 1.81. The SMILES string of the molecule is CCCC=CC=CN. The summed E-state index contributed by atoms with van der Waals surface area (Å²) in [5.41, 5.74) is 5.08. The molecule has 0 fully saturated rings. The van der Waals surface area contributed by atoms with Crippen LogP contribution in [0.5, 0.6) is 0 Å². The molecule has 0 rings (SSSR count). The van der Waals surface area contributed by atoms with E-state index in [0.717, 1.165) is 6.42 Å². The molecule has 2 N–H and O–H groups in total. The van der Waals surface area contributed by atoms with E-state index in [-0.39, 0.29) is 0 Å². The van der Waals surface area contributed by atoms with Crippen LogP contribution in [0.15, 0.2) is 24.4 Å². The fourth-order valence-electron chi connectivity index (χ4n) is 0.406. The predicted octanol–water partition coefficient (Wildman–Crippen LogP) is 1.82. The Balaban J connectivity index is 3.07. The largest absolute Gasteiger partial charge is 0.405 e. The second-order valence-corrected chi connectivity index (χ2v) is 1.60. The summed E-state index contributed by atoms with van der Waals surface area (Å²) in [5, 5.41) is 0. The van der Waals surface area contributed by atoms with Gasteiger partial charge in [-0.05, 0) is 18.7 Å². The van der Waals surface area contributed by atoms with E-state index in [9.17, 15) is 0 Å². The van der Waals surface area contributed by atoms with Crippen LogP contribution in [-0.2, 0) is 0 Å². The molecule has 0 aromatic rings. The van der Waals surface area contributed by atoms with Crippen LogP contribution < -0.4 is 5.73 Å². The minimum Gasteiger partial charge on any atom is -0.405 e. The Kier molecular flexibility index (Phi) is 5.71. The Morgan fingerprint density at radius 3 is 2.62 bits per heavy atom. The molecule has 0 aromatic heterocycles. The van der Waals surface area contributed by atoms with Crippen LogP contribution in [0.3, 0.4) is 0 Å². The fraction of sp³-hybridized carbons (Fsp3) is 0.429. The molecule has 8 heavy (non-hydrogen) atoms. The third-order valence-electron chi connectivity index (χ3n) is 0.814. The monoisotopic (exact) mass is 111 g/mol. The van der Waals surface area contributed by atoms with Crippen molar-refractivity contribution < 1.29 is 0 Å². The molecule has 0 spiro atoms. The fourth-order valence-corrected chi connectivity index (χ4v) is 0.406. The van der Waals surface area contributed by atoms with Crippen molar-refractivity contribution in [1.29, 1.82) is 0 Å². The van der Waals surface area contributed by atoms with Crippen molar-refractivity contribution >= 4 is 0 Å². The van der Waals surface area contributed by atoms with Gasteiger partial charge in [0.15, 0.2) is 0 Å². The van der Waals surface area contributed by atoms with Gasteiger partial charge in [0.2, 0.25) is 0 Å². The maximum absolute atomic E-state index is 5.08. The summed E-state index contributed by atoms with van der Waals surface area (Å²) in [5.74, 6) is 0. The van der Waals surface area contributed by atoms with Gasteiger partial charge in [0.1, 0.15) is 0 Å². The van der Waals surface area contributed by atoms with Crippen LogP contribution in [0.4, 0.5) is 0 Å². The summed E-state index contributed by atoms with van der Waals surface area (Å²) in [6.07, 6.45) is 9.77. The summed E-state index contributed by atoms with van der Waals surface area (Å²) in [6, 6.07) is 0. The van der Waals surface area contributed by atoms with Gasteiger partial charge < -0.3 is 5.73 Å². The molecule has 0 unspecified atom stereocenters. The van der Waals surface area contributed by atoms with E-state index in [4.69, 9.17) is 5.73 Å². The Labute approximate surface area is 50.9 Å². The summed E-state index contributed by atoms with van der Waals surface area (Å²) in [7, 11) is 0. The van der Waals surface area contributed by atoms with Crippen molar-refractivity contribution in [3.63, 3.8) is 0 Å². The predicted molar refractivity (Wildman–Crippen MR) is 37.4 cm³/mol. The molecule has 0 aliphatic carbocycles. The maximum Gasteiger partial charge on any atom is -0.00625 e. The van der Waals surface area contributed by atoms with Crippen LogP contribution in [0.1, 0.15) is 19.8 Å². The van der Waals surface area contributed by atoms with E-state index in [1.165, 1.54) is 12.6 Å². The molecule has 0 aliphatic rings. The highest BCUT2D eigenvalue weighted by molar-refractivity contribution is 5.00. The zero-order valence-corrected chi connectivity index (χ0v) is 5.30. The Hall–Kier alpha value is -0.720.